The number of nitrogens with zero attached hydrogens (tertiary/aromatic N) is 3. The summed E-state index contributed by atoms with van der Waals surface area (Å²) in [5.74, 6) is -1.33. The molecule has 5 rings (SSSR count). The zero-order valence-corrected chi connectivity index (χ0v) is 18.5. The van der Waals surface area contributed by atoms with Gasteiger partial charge < -0.3 is 10.0 Å². The van der Waals surface area contributed by atoms with Gasteiger partial charge in [-0.3, -0.25) is 9.79 Å². The fraction of sp³-hybridized carbons (Fsp3) is 0.400. The van der Waals surface area contributed by atoms with Gasteiger partial charge in [-0.1, -0.05) is 23.7 Å². The first-order chi connectivity index (χ1) is 15.8. The number of benzene rings is 2. The smallest absolute Gasteiger partial charge is 0.166 e. The molecule has 8 heteroatoms. The quantitative estimate of drug-likeness (QED) is 0.685. The molecule has 1 fully saturated rings. The van der Waals surface area contributed by atoms with E-state index in [0.717, 1.165) is 11.1 Å². The molecule has 0 amide bonds. The second-order valence-electron chi connectivity index (χ2n) is 9.11. The van der Waals surface area contributed by atoms with Gasteiger partial charge in [0.25, 0.3) is 0 Å². The minimum absolute atomic E-state index is 0.0542. The van der Waals surface area contributed by atoms with Gasteiger partial charge in [0.1, 0.15) is 23.3 Å². The minimum atomic E-state index is -1.50. The maximum Gasteiger partial charge on any atom is 0.166 e. The lowest BCUT2D eigenvalue weighted by molar-refractivity contribution is -0.142. The summed E-state index contributed by atoms with van der Waals surface area (Å²) in [7, 11) is 0. The molecular weight excluding hydrogens is 448 g/mol. The lowest BCUT2D eigenvalue weighted by Crippen LogP contribution is -2.43. The molecule has 0 saturated heterocycles. The van der Waals surface area contributed by atoms with Crippen LogP contribution in [0.3, 0.4) is 0 Å². The summed E-state index contributed by atoms with van der Waals surface area (Å²) >= 11 is 5.91. The summed E-state index contributed by atoms with van der Waals surface area (Å²) in [4.78, 5) is 19.5. The number of hydrogen-bond donors (Lipinski definition) is 1. The number of Topliss-reactive ketones (excluding diaryl/α,β-unsaturated/α-hetero) is 1. The number of hydrogen-bond acceptors (Lipinski definition) is 5. The van der Waals surface area contributed by atoms with Crippen LogP contribution < -0.4 is 0 Å². The largest absolute Gasteiger partial charge is 0.382 e. The molecular formula is C25H22ClF2N3O2. The van der Waals surface area contributed by atoms with E-state index < -0.39 is 23.3 Å². The normalized spacial score (nSPS) is 27.8. The van der Waals surface area contributed by atoms with E-state index in [-0.39, 0.29) is 47.6 Å². The lowest BCUT2D eigenvalue weighted by atomic mass is 9.73. The van der Waals surface area contributed by atoms with Gasteiger partial charge in [0.2, 0.25) is 0 Å². The predicted molar refractivity (Wildman–Crippen MR) is 119 cm³/mol. The zero-order chi connectivity index (χ0) is 23.3. The fourth-order valence-corrected chi connectivity index (χ4v) is 5.68. The third-order valence-corrected chi connectivity index (χ3v) is 7.65. The van der Waals surface area contributed by atoms with Crippen molar-refractivity contribution >= 4 is 23.7 Å². The third-order valence-electron chi connectivity index (χ3n) is 7.36. The highest BCUT2D eigenvalue weighted by molar-refractivity contribution is 6.30. The molecule has 0 aromatic heterocycles. The van der Waals surface area contributed by atoms with Crippen molar-refractivity contribution in [3.8, 4) is 6.07 Å². The van der Waals surface area contributed by atoms with Crippen molar-refractivity contribution < 1.29 is 18.7 Å². The zero-order valence-electron chi connectivity index (χ0n) is 17.8. The summed E-state index contributed by atoms with van der Waals surface area (Å²) in [5, 5.41) is 20.5. The highest BCUT2D eigenvalue weighted by Gasteiger charge is 2.46. The molecule has 0 bridgehead atoms. The molecule has 2 aromatic carbocycles. The Hall–Kier alpha value is -2.82. The van der Waals surface area contributed by atoms with Crippen LogP contribution >= 0.6 is 11.6 Å². The Morgan fingerprint density at radius 1 is 1.27 bits per heavy atom. The standard InChI is InChI=1S/C25H22ClF2N3O2/c26-18-9-15(2-4-19(18)27)14-5-7-25(33,8-6-14)22(32)10-20-23-17(21-12-30-13-31(20)21)3-1-16(11-29)24(23)28/h1-4,9,13-14,20-21,33H,5-8,10,12H2. The summed E-state index contributed by atoms with van der Waals surface area (Å²) in [6, 6.07) is 8.94. The Morgan fingerprint density at radius 2 is 2.03 bits per heavy atom. The van der Waals surface area contributed by atoms with Crippen LogP contribution in [0.2, 0.25) is 5.02 Å². The van der Waals surface area contributed by atoms with Crippen LogP contribution in [0.5, 0.6) is 0 Å². The molecule has 3 aliphatic rings. The maximum absolute atomic E-state index is 15.1. The number of carbonyl (C=O) groups excluding carboxylic acids is 1. The second-order valence-corrected chi connectivity index (χ2v) is 9.52. The van der Waals surface area contributed by atoms with Gasteiger partial charge in [0.05, 0.1) is 35.6 Å². The van der Waals surface area contributed by atoms with E-state index in [1.807, 2.05) is 11.0 Å². The van der Waals surface area contributed by atoms with Crippen molar-refractivity contribution in [2.24, 2.45) is 4.99 Å². The van der Waals surface area contributed by atoms with E-state index in [1.165, 1.54) is 12.1 Å². The molecule has 2 aromatic rings. The van der Waals surface area contributed by atoms with Crippen molar-refractivity contribution in [2.75, 3.05) is 6.54 Å². The average Bonchev–Trinajstić information content (AvgIpc) is 3.39. The summed E-state index contributed by atoms with van der Waals surface area (Å²) in [6.07, 6.45) is 3.23. The molecule has 1 N–H and O–H groups in total. The Morgan fingerprint density at radius 3 is 2.73 bits per heavy atom. The van der Waals surface area contributed by atoms with Crippen LogP contribution in [0.25, 0.3) is 0 Å². The van der Waals surface area contributed by atoms with Gasteiger partial charge in [0, 0.05) is 12.0 Å². The molecule has 0 radical (unpaired) electrons. The number of aliphatic hydroxyl groups is 1. The number of rotatable bonds is 4. The van der Waals surface area contributed by atoms with Gasteiger partial charge >= 0.3 is 0 Å². The molecule has 5 nitrogen and oxygen atoms in total. The van der Waals surface area contributed by atoms with E-state index in [4.69, 9.17) is 11.6 Å². The van der Waals surface area contributed by atoms with E-state index in [1.54, 1.807) is 24.5 Å². The Balaban J connectivity index is 1.34. The minimum Gasteiger partial charge on any atom is -0.382 e. The Labute approximate surface area is 195 Å². The van der Waals surface area contributed by atoms with E-state index in [0.29, 0.717) is 24.9 Å². The number of nitriles is 1. The van der Waals surface area contributed by atoms with Crippen LogP contribution in [-0.2, 0) is 4.79 Å². The molecule has 1 saturated carbocycles. The number of aliphatic imine (C=N–C) groups is 1. The molecule has 33 heavy (non-hydrogen) atoms. The van der Waals surface area contributed by atoms with E-state index >= 15 is 4.39 Å². The summed E-state index contributed by atoms with van der Waals surface area (Å²) in [5.41, 5.74) is 0.436. The SMILES string of the molecule is N#Cc1ccc2c(c1F)C(CC(=O)C1(O)CCC(c3ccc(F)c(Cl)c3)CC1)N1C=NCC21. The number of halogens is 3. The van der Waals surface area contributed by atoms with Gasteiger partial charge in [-0.2, -0.15) is 5.26 Å². The van der Waals surface area contributed by atoms with Crippen LogP contribution in [-0.4, -0.2) is 34.3 Å². The van der Waals surface area contributed by atoms with Crippen LogP contribution in [0.15, 0.2) is 35.3 Å². The van der Waals surface area contributed by atoms with Crippen molar-refractivity contribution in [1.82, 2.24) is 4.90 Å². The van der Waals surface area contributed by atoms with Crippen molar-refractivity contribution in [3.63, 3.8) is 0 Å². The predicted octanol–water partition coefficient (Wildman–Crippen LogP) is 4.98. The average molecular weight is 470 g/mol. The number of fused-ring (bicyclic) bond motifs is 3. The van der Waals surface area contributed by atoms with Crippen molar-refractivity contribution in [3.05, 3.63) is 69.2 Å². The first kappa shape index (κ1) is 22.0. The van der Waals surface area contributed by atoms with Crippen molar-refractivity contribution in [2.45, 2.75) is 55.7 Å². The summed E-state index contributed by atoms with van der Waals surface area (Å²) in [6.45, 7) is 0.467. The van der Waals surface area contributed by atoms with Crippen LogP contribution in [0.4, 0.5) is 8.78 Å². The molecule has 2 aliphatic heterocycles. The van der Waals surface area contributed by atoms with Gasteiger partial charge in [-0.25, -0.2) is 8.78 Å². The third kappa shape index (κ3) is 3.62. The first-order valence-corrected chi connectivity index (χ1v) is 11.4. The Kier molecular flexibility index (Phi) is 5.46. The molecule has 2 unspecified atom stereocenters. The van der Waals surface area contributed by atoms with E-state index in [9.17, 15) is 19.6 Å². The molecule has 2 heterocycles. The second kappa shape index (κ2) is 8.19. The first-order valence-electron chi connectivity index (χ1n) is 11.0. The molecule has 1 aliphatic carbocycles. The molecule has 0 spiro atoms. The van der Waals surface area contributed by atoms with Crippen LogP contribution in [0, 0.1) is 23.0 Å². The monoisotopic (exact) mass is 469 g/mol. The summed E-state index contributed by atoms with van der Waals surface area (Å²) < 4.78 is 28.6. The Bertz CT molecular complexity index is 1200. The maximum atomic E-state index is 15.1. The van der Waals surface area contributed by atoms with Crippen molar-refractivity contribution in [1.29, 1.82) is 5.26 Å². The number of carbonyl (C=O) groups is 1. The number of ketones is 1. The van der Waals surface area contributed by atoms with Crippen LogP contribution in [0.1, 0.15) is 72.4 Å². The highest BCUT2D eigenvalue weighted by atomic mass is 35.5. The topological polar surface area (TPSA) is 76.7 Å². The van der Waals surface area contributed by atoms with Gasteiger partial charge in [0.15, 0.2) is 5.78 Å². The molecule has 2 atom stereocenters. The van der Waals surface area contributed by atoms with E-state index in [2.05, 4.69) is 4.99 Å². The molecule has 170 valence electrons. The highest BCUT2D eigenvalue weighted by Crippen LogP contribution is 2.48. The fourth-order valence-electron chi connectivity index (χ4n) is 5.49. The van der Waals surface area contributed by atoms with Gasteiger partial charge in [-0.15, -0.1) is 0 Å². The van der Waals surface area contributed by atoms with Gasteiger partial charge in [-0.05, 0) is 60.9 Å². The lowest BCUT2D eigenvalue weighted by Gasteiger charge is -2.36.